The lowest BCUT2D eigenvalue weighted by atomic mass is 10.0. The average Bonchev–Trinajstić information content (AvgIpc) is 2.47. The van der Waals surface area contributed by atoms with Gasteiger partial charge in [-0.15, -0.1) is 0 Å². The fraction of sp³-hybridized carbons (Fsp3) is 0.278. The maximum Gasteiger partial charge on any atom is 0.196 e. The van der Waals surface area contributed by atoms with Gasteiger partial charge in [-0.2, -0.15) is 0 Å². The Labute approximate surface area is 130 Å². The number of carbonyl (C=O) groups is 1. The average molecular weight is 300 g/mol. The summed E-state index contributed by atoms with van der Waals surface area (Å²) in [5, 5.41) is 10.00. The van der Waals surface area contributed by atoms with E-state index < -0.39 is 0 Å². The Morgan fingerprint density at radius 1 is 1.09 bits per heavy atom. The highest BCUT2D eigenvalue weighted by Gasteiger charge is 2.14. The predicted octanol–water partition coefficient (Wildman–Crippen LogP) is 3.81. The van der Waals surface area contributed by atoms with E-state index in [9.17, 15) is 9.90 Å². The number of phenols is 1. The second-order valence-electron chi connectivity index (χ2n) is 5.13. The molecule has 4 heteroatoms. The normalized spacial score (nSPS) is 10.5. The summed E-state index contributed by atoms with van der Waals surface area (Å²) in [4.78, 5) is 12.4. The SMILES string of the molecule is CCOc1ccc(C(=O)c2ccc(OC(C)C)cc2)c(O)c1. The molecule has 1 N–H and O–H groups in total. The van der Waals surface area contributed by atoms with Crippen LogP contribution >= 0.6 is 0 Å². The van der Waals surface area contributed by atoms with Crippen LogP contribution in [0, 0.1) is 0 Å². The van der Waals surface area contributed by atoms with E-state index in [1.807, 2.05) is 20.8 Å². The monoisotopic (exact) mass is 300 g/mol. The molecule has 0 fully saturated rings. The zero-order valence-electron chi connectivity index (χ0n) is 13.0. The van der Waals surface area contributed by atoms with E-state index in [4.69, 9.17) is 9.47 Å². The molecule has 0 bridgehead atoms. The lowest BCUT2D eigenvalue weighted by Crippen LogP contribution is -2.06. The summed E-state index contributed by atoms with van der Waals surface area (Å²) in [5.41, 5.74) is 0.747. The minimum Gasteiger partial charge on any atom is -0.507 e. The molecule has 2 aromatic carbocycles. The number of phenolic OH excluding ortho intramolecular Hbond substituents is 1. The van der Waals surface area contributed by atoms with E-state index in [-0.39, 0.29) is 23.2 Å². The fourth-order valence-corrected chi connectivity index (χ4v) is 2.07. The molecule has 4 nitrogen and oxygen atoms in total. The van der Waals surface area contributed by atoms with Crippen LogP contribution in [0.3, 0.4) is 0 Å². The standard InChI is InChI=1S/C18H20O4/c1-4-21-15-9-10-16(17(19)11-15)18(20)13-5-7-14(8-6-13)22-12(2)3/h5-12,19H,4H2,1-3H3. The van der Waals surface area contributed by atoms with Crippen molar-refractivity contribution in [1.82, 2.24) is 0 Å². The first-order chi connectivity index (χ1) is 10.5. The molecule has 0 radical (unpaired) electrons. The van der Waals surface area contributed by atoms with Crippen LogP contribution in [0.5, 0.6) is 17.2 Å². The first-order valence-electron chi connectivity index (χ1n) is 7.28. The molecule has 2 rings (SSSR count). The lowest BCUT2D eigenvalue weighted by molar-refractivity contribution is 0.103. The van der Waals surface area contributed by atoms with Crippen LogP contribution in [0.15, 0.2) is 42.5 Å². The number of carbonyl (C=O) groups excluding carboxylic acids is 1. The molecular weight excluding hydrogens is 280 g/mol. The fourth-order valence-electron chi connectivity index (χ4n) is 2.07. The molecule has 22 heavy (non-hydrogen) atoms. The predicted molar refractivity (Wildman–Crippen MR) is 84.9 cm³/mol. The molecule has 2 aromatic rings. The third-order valence-electron chi connectivity index (χ3n) is 3.01. The summed E-state index contributed by atoms with van der Waals surface area (Å²) in [5.74, 6) is 0.926. The van der Waals surface area contributed by atoms with Gasteiger partial charge in [0.05, 0.1) is 18.3 Å². The Morgan fingerprint density at radius 3 is 2.27 bits per heavy atom. The third-order valence-corrected chi connectivity index (χ3v) is 3.01. The van der Waals surface area contributed by atoms with Crippen LogP contribution in [-0.2, 0) is 0 Å². The van der Waals surface area contributed by atoms with E-state index in [2.05, 4.69) is 0 Å². The van der Waals surface area contributed by atoms with E-state index in [1.54, 1.807) is 36.4 Å². The van der Waals surface area contributed by atoms with E-state index in [1.165, 1.54) is 6.07 Å². The Balaban J connectivity index is 2.20. The largest absolute Gasteiger partial charge is 0.507 e. The molecule has 0 heterocycles. The zero-order valence-corrected chi connectivity index (χ0v) is 13.0. The van der Waals surface area contributed by atoms with E-state index in [0.717, 1.165) is 0 Å². The number of ether oxygens (including phenoxy) is 2. The van der Waals surface area contributed by atoms with Gasteiger partial charge in [-0.05, 0) is 57.2 Å². The second kappa shape index (κ2) is 6.98. The topological polar surface area (TPSA) is 55.8 Å². The summed E-state index contributed by atoms with van der Waals surface area (Å²) >= 11 is 0. The first-order valence-corrected chi connectivity index (χ1v) is 7.28. The van der Waals surface area contributed by atoms with Crippen LogP contribution < -0.4 is 9.47 Å². The van der Waals surface area contributed by atoms with Crippen molar-refractivity contribution in [2.45, 2.75) is 26.9 Å². The van der Waals surface area contributed by atoms with Crippen LogP contribution in [0.4, 0.5) is 0 Å². The van der Waals surface area contributed by atoms with Crippen molar-refractivity contribution in [2.75, 3.05) is 6.61 Å². The quantitative estimate of drug-likeness (QED) is 0.824. The van der Waals surface area contributed by atoms with Gasteiger partial charge in [-0.1, -0.05) is 0 Å². The van der Waals surface area contributed by atoms with Crippen LogP contribution in [0.25, 0.3) is 0 Å². The van der Waals surface area contributed by atoms with Gasteiger partial charge in [-0.25, -0.2) is 0 Å². The highest BCUT2D eigenvalue weighted by molar-refractivity contribution is 6.10. The molecule has 0 saturated carbocycles. The summed E-state index contributed by atoms with van der Waals surface area (Å²) in [6.07, 6.45) is 0.0803. The number of hydrogen-bond acceptors (Lipinski definition) is 4. The molecule has 0 unspecified atom stereocenters. The molecule has 116 valence electrons. The van der Waals surface area contributed by atoms with Gasteiger partial charge < -0.3 is 14.6 Å². The number of ketones is 1. The molecule has 0 aliphatic heterocycles. The van der Waals surface area contributed by atoms with Gasteiger partial charge in [0.2, 0.25) is 0 Å². The molecule has 0 spiro atoms. The van der Waals surface area contributed by atoms with Gasteiger partial charge >= 0.3 is 0 Å². The molecule has 0 aliphatic carbocycles. The van der Waals surface area contributed by atoms with Crippen LogP contribution in [-0.4, -0.2) is 23.6 Å². The van der Waals surface area contributed by atoms with Crippen molar-refractivity contribution in [3.05, 3.63) is 53.6 Å². The van der Waals surface area contributed by atoms with E-state index in [0.29, 0.717) is 23.7 Å². The summed E-state index contributed by atoms with van der Waals surface area (Å²) in [6, 6.07) is 11.6. The number of aromatic hydroxyl groups is 1. The Morgan fingerprint density at radius 2 is 1.73 bits per heavy atom. The third kappa shape index (κ3) is 3.79. The zero-order chi connectivity index (χ0) is 16.1. The Kier molecular flexibility index (Phi) is 5.04. The molecular formula is C18H20O4. The van der Waals surface area contributed by atoms with Crippen molar-refractivity contribution in [3.8, 4) is 17.2 Å². The number of rotatable bonds is 6. The first kappa shape index (κ1) is 15.9. The number of benzene rings is 2. The van der Waals surface area contributed by atoms with Gasteiger partial charge in [0, 0.05) is 11.6 Å². The number of hydrogen-bond donors (Lipinski definition) is 1. The van der Waals surface area contributed by atoms with Crippen molar-refractivity contribution in [1.29, 1.82) is 0 Å². The maximum atomic E-state index is 12.4. The van der Waals surface area contributed by atoms with Gasteiger partial charge in [0.1, 0.15) is 17.2 Å². The minimum atomic E-state index is -0.239. The van der Waals surface area contributed by atoms with E-state index >= 15 is 0 Å². The summed E-state index contributed by atoms with van der Waals surface area (Å²) < 4.78 is 10.8. The second-order valence-corrected chi connectivity index (χ2v) is 5.13. The molecule has 0 amide bonds. The van der Waals surface area contributed by atoms with Gasteiger partial charge in [-0.3, -0.25) is 4.79 Å². The summed E-state index contributed by atoms with van der Waals surface area (Å²) in [6.45, 7) is 6.25. The molecule has 0 aliphatic rings. The lowest BCUT2D eigenvalue weighted by Gasteiger charge is -2.10. The Hall–Kier alpha value is -2.49. The smallest absolute Gasteiger partial charge is 0.196 e. The minimum absolute atomic E-state index is 0.0803. The van der Waals surface area contributed by atoms with Crippen LogP contribution in [0.2, 0.25) is 0 Å². The van der Waals surface area contributed by atoms with Crippen molar-refractivity contribution in [2.24, 2.45) is 0 Å². The van der Waals surface area contributed by atoms with Crippen LogP contribution in [0.1, 0.15) is 36.7 Å². The van der Waals surface area contributed by atoms with Gasteiger partial charge in [0.15, 0.2) is 5.78 Å². The maximum absolute atomic E-state index is 12.4. The van der Waals surface area contributed by atoms with Crippen molar-refractivity contribution in [3.63, 3.8) is 0 Å². The Bertz CT molecular complexity index is 645. The highest BCUT2D eigenvalue weighted by Crippen LogP contribution is 2.26. The molecule has 0 saturated heterocycles. The van der Waals surface area contributed by atoms with Crippen molar-refractivity contribution < 1.29 is 19.4 Å². The molecule has 0 atom stereocenters. The summed E-state index contributed by atoms with van der Waals surface area (Å²) in [7, 11) is 0. The van der Waals surface area contributed by atoms with Crippen molar-refractivity contribution >= 4 is 5.78 Å². The molecule has 0 aromatic heterocycles. The highest BCUT2D eigenvalue weighted by atomic mass is 16.5. The van der Waals surface area contributed by atoms with Gasteiger partial charge in [0.25, 0.3) is 0 Å².